The molecule has 1 aromatic carbocycles. The van der Waals surface area contributed by atoms with Crippen LogP contribution in [-0.4, -0.2) is 42.2 Å². The molecule has 0 amide bonds. The van der Waals surface area contributed by atoms with Crippen molar-refractivity contribution in [1.82, 2.24) is 24.7 Å². The van der Waals surface area contributed by atoms with Crippen LogP contribution in [0.1, 0.15) is 56.3 Å². The molecular weight excluding hydrogens is 420 g/mol. The van der Waals surface area contributed by atoms with Crippen LogP contribution in [0.25, 0.3) is 0 Å². The molecule has 10 heteroatoms. The highest BCUT2D eigenvalue weighted by Crippen LogP contribution is 2.24. The fourth-order valence-corrected chi connectivity index (χ4v) is 3.45. The van der Waals surface area contributed by atoms with Crippen LogP contribution >= 0.6 is 0 Å². The second kappa shape index (κ2) is 9.36. The second-order valence-corrected chi connectivity index (χ2v) is 8.00. The molecule has 4 rings (SSSR count). The Bertz CT molecular complexity index is 1220. The van der Waals surface area contributed by atoms with Gasteiger partial charge >= 0.3 is 0 Å². The molecule has 2 unspecified atom stereocenters. The minimum absolute atomic E-state index is 0.144. The molecule has 2 atom stereocenters. The summed E-state index contributed by atoms with van der Waals surface area (Å²) in [5.74, 6) is 6.70. The SMILES string of the molecule is CC(=N)c1ccc(C#CC(C)(O)c2ncn(C3CCCCO3)n2)cc1Nc1ccnc(N)n1. The number of hydrogen-bond acceptors (Lipinski definition) is 9. The number of rotatable bonds is 5. The molecular formula is C23H26N8O2. The summed E-state index contributed by atoms with van der Waals surface area (Å²) in [5.41, 5.74) is 6.47. The molecule has 170 valence electrons. The lowest BCUT2D eigenvalue weighted by Crippen LogP contribution is -2.23. The number of hydrogen-bond donors (Lipinski definition) is 4. The Morgan fingerprint density at radius 1 is 1.33 bits per heavy atom. The average Bonchev–Trinajstić information content (AvgIpc) is 3.30. The number of nitrogens with two attached hydrogens (primary N) is 1. The van der Waals surface area contributed by atoms with Gasteiger partial charge in [-0.05, 0) is 57.4 Å². The largest absolute Gasteiger partial charge is 0.371 e. The van der Waals surface area contributed by atoms with E-state index in [-0.39, 0.29) is 18.0 Å². The molecule has 33 heavy (non-hydrogen) atoms. The smallest absolute Gasteiger partial charge is 0.221 e. The highest BCUT2D eigenvalue weighted by molar-refractivity contribution is 6.02. The molecule has 1 fully saturated rings. The number of benzene rings is 1. The molecule has 0 bridgehead atoms. The van der Waals surface area contributed by atoms with Gasteiger partial charge in [0.2, 0.25) is 5.95 Å². The Morgan fingerprint density at radius 2 is 2.18 bits per heavy atom. The van der Waals surface area contributed by atoms with Crippen molar-refractivity contribution in [2.75, 3.05) is 17.7 Å². The van der Waals surface area contributed by atoms with Crippen LogP contribution in [-0.2, 0) is 10.3 Å². The molecule has 3 aromatic rings. The summed E-state index contributed by atoms with van der Waals surface area (Å²) in [6.07, 6.45) is 5.93. The molecule has 0 radical (unpaired) electrons. The quantitative estimate of drug-likeness (QED) is 0.345. The van der Waals surface area contributed by atoms with Crippen LogP contribution < -0.4 is 11.1 Å². The van der Waals surface area contributed by atoms with Gasteiger partial charge in [0, 0.05) is 35.3 Å². The minimum Gasteiger partial charge on any atom is -0.371 e. The van der Waals surface area contributed by atoms with Crippen LogP contribution in [0.2, 0.25) is 0 Å². The summed E-state index contributed by atoms with van der Waals surface area (Å²) in [6.45, 7) is 3.95. The zero-order valence-corrected chi connectivity index (χ0v) is 18.5. The van der Waals surface area contributed by atoms with Crippen molar-refractivity contribution in [3.8, 4) is 11.8 Å². The molecule has 2 aromatic heterocycles. The maximum absolute atomic E-state index is 10.9. The monoisotopic (exact) mass is 446 g/mol. The summed E-state index contributed by atoms with van der Waals surface area (Å²) in [4.78, 5) is 12.3. The summed E-state index contributed by atoms with van der Waals surface area (Å²) in [7, 11) is 0. The lowest BCUT2D eigenvalue weighted by atomic mass is 10.0. The predicted molar refractivity (Wildman–Crippen MR) is 124 cm³/mol. The lowest BCUT2D eigenvalue weighted by Gasteiger charge is -2.22. The first-order valence-corrected chi connectivity index (χ1v) is 10.7. The fourth-order valence-electron chi connectivity index (χ4n) is 3.45. The average molecular weight is 447 g/mol. The van der Waals surface area contributed by atoms with Crippen LogP contribution in [0.15, 0.2) is 36.8 Å². The van der Waals surface area contributed by atoms with E-state index in [4.69, 9.17) is 15.9 Å². The Labute approximate surface area is 191 Å². The molecule has 1 aliphatic heterocycles. The van der Waals surface area contributed by atoms with Crippen LogP contribution in [0.5, 0.6) is 0 Å². The van der Waals surface area contributed by atoms with E-state index in [1.807, 2.05) is 0 Å². The Hall–Kier alpha value is -3.81. The van der Waals surface area contributed by atoms with Crippen molar-refractivity contribution in [2.45, 2.75) is 44.9 Å². The van der Waals surface area contributed by atoms with E-state index in [2.05, 4.69) is 37.2 Å². The molecule has 1 saturated heterocycles. The summed E-state index contributed by atoms with van der Waals surface area (Å²) < 4.78 is 7.36. The summed E-state index contributed by atoms with van der Waals surface area (Å²) >= 11 is 0. The first-order chi connectivity index (χ1) is 15.8. The van der Waals surface area contributed by atoms with Crippen molar-refractivity contribution >= 4 is 23.2 Å². The van der Waals surface area contributed by atoms with Gasteiger partial charge < -0.3 is 26.3 Å². The van der Waals surface area contributed by atoms with E-state index in [0.29, 0.717) is 35.0 Å². The molecule has 5 N–H and O–H groups in total. The summed E-state index contributed by atoms with van der Waals surface area (Å²) in [6, 6.07) is 7.05. The first kappa shape index (κ1) is 22.4. The van der Waals surface area contributed by atoms with Crippen molar-refractivity contribution in [1.29, 1.82) is 5.41 Å². The van der Waals surface area contributed by atoms with Gasteiger partial charge in [-0.15, -0.1) is 5.10 Å². The predicted octanol–water partition coefficient (Wildman–Crippen LogP) is 2.74. The molecule has 0 aliphatic carbocycles. The van der Waals surface area contributed by atoms with E-state index in [9.17, 15) is 5.11 Å². The van der Waals surface area contributed by atoms with Gasteiger partial charge in [0.25, 0.3) is 0 Å². The Balaban J connectivity index is 1.58. The fraction of sp³-hybridized carbons (Fsp3) is 0.348. The van der Waals surface area contributed by atoms with E-state index in [0.717, 1.165) is 19.3 Å². The van der Waals surface area contributed by atoms with Gasteiger partial charge in [0.15, 0.2) is 17.7 Å². The van der Waals surface area contributed by atoms with Crippen molar-refractivity contribution < 1.29 is 9.84 Å². The van der Waals surface area contributed by atoms with Crippen molar-refractivity contribution in [3.05, 3.63) is 53.7 Å². The molecule has 0 saturated carbocycles. The third-order valence-electron chi connectivity index (χ3n) is 5.21. The van der Waals surface area contributed by atoms with Crippen molar-refractivity contribution in [2.24, 2.45) is 0 Å². The third kappa shape index (κ3) is 5.34. The van der Waals surface area contributed by atoms with Gasteiger partial charge in [-0.3, -0.25) is 0 Å². The van der Waals surface area contributed by atoms with E-state index >= 15 is 0 Å². The van der Waals surface area contributed by atoms with Crippen LogP contribution in [0.4, 0.5) is 17.5 Å². The van der Waals surface area contributed by atoms with E-state index < -0.39 is 5.60 Å². The highest BCUT2D eigenvalue weighted by atomic mass is 16.5. The summed E-state index contributed by atoms with van der Waals surface area (Å²) in [5, 5.41) is 26.5. The number of ether oxygens (including phenoxy) is 1. The molecule has 0 spiro atoms. The zero-order chi connectivity index (χ0) is 23.4. The maximum atomic E-state index is 10.9. The van der Waals surface area contributed by atoms with Gasteiger partial charge in [-0.2, -0.15) is 4.98 Å². The van der Waals surface area contributed by atoms with Gasteiger partial charge in [0.05, 0.1) is 0 Å². The number of nitrogens with one attached hydrogen (secondary N) is 2. The topological polar surface area (TPSA) is 148 Å². The number of nitrogens with zero attached hydrogens (tertiary/aromatic N) is 5. The molecule has 3 heterocycles. The third-order valence-corrected chi connectivity index (χ3v) is 5.21. The maximum Gasteiger partial charge on any atom is 0.221 e. The van der Waals surface area contributed by atoms with Gasteiger partial charge in [0.1, 0.15) is 12.1 Å². The molecule has 10 nitrogen and oxygen atoms in total. The van der Waals surface area contributed by atoms with Crippen LogP contribution in [0, 0.1) is 17.3 Å². The van der Waals surface area contributed by atoms with E-state index in [1.54, 1.807) is 55.3 Å². The molecule has 1 aliphatic rings. The Morgan fingerprint density at radius 3 is 2.91 bits per heavy atom. The van der Waals surface area contributed by atoms with Gasteiger partial charge in [-0.1, -0.05) is 11.8 Å². The van der Waals surface area contributed by atoms with E-state index in [1.165, 1.54) is 0 Å². The standard InChI is InChI=1S/C23H26N8O2/c1-15(24)17-7-6-16(13-18(17)28-19-9-11-26-22(25)29-19)8-10-23(2,32)21-27-14-31(30-21)20-5-3-4-12-33-20/h6-7,9,11,13-14,20,24,32H,3-5,12H2,1-2H3,(H3,25,26,28,29). The van der Waals surface area contributed by atoms with Gasteiger partial charge in [-0.25, -0.2) is 14.6 Å². The lowest BCUT2D eigenvalue weighted by molar-refractivity contribution is -0.0404. The number of aliphatic hydroxyl groups is 1. The van der Waals surface area contributed by atoms with Crippen molar-refractivity contribution in [3.63, 3.8) is 0 Å². The number of anilines is 3. The minimum atomic E-state index is -1.55. The second-order valence-electron chi connectivity index (χ2n) is 8.00. The Kier molecular flexibility index (Phi) is 6.35. The number of aromatic nitrogens is 5. The zero-order valence-electron chi connectivity index (χ0n) is 18.5. The normalized spacial score (nSPS) is 17.5. The first-order valence-electron chi connectivity index (χ1n) is 10.7. The number of nitrogen functional groups attached to an aromatic ring is 1. The highest BCUT2D eigenvalue weighted by Gasteiger charge is 2.27. The van der Waals surface area contributed by atoms with Crippen LogP contribution in [0.3, 0.4) is 0 Å².